The first kappa shape index (κ1) is 14.6. The number of hydrogen-bond donors (Lipinski definition) is 3. The van der Waals surface area contributed by atoms with Gasteiger partial charge < -0.3 is 16.2 Å². The van der Waals surface area contributed by atoms with Crippen LogP contribution in [0.4, 0.5) is 10.1 Å². The highest BCUT2D eigenvalue weighted by atomic mass is 19.1. The van der Waals surface area contributed by atoms with E-state index in [1.54, 1.807) is 24.3 Å². The molecule has 0 bridgehead atoms. The lowest BCUT2D eigenvalue weighted by Crippen LogP contribution is -2.14. The number of rotatable bonds is 2. The van der Waals surface area contributed by atoms with Gasteiger partial charge in [0.2, 0.25) is 0 Å². The van der Waals surface area contributed by atoms with E-state index in [1.165, 1.54) is 12.1 Å². The summed E-state index contributed by atoms with van der Waals surface area (Å²) in [7, 11) is 0. The van der Waals surface area contributed by atoms with Crippen LogP contribution in [-0.2, 0) is 0 Å². The van der Waals surface area contributed by atoms with Crippen LogP contribution in [0.3, 0.4) is 0 Å². The van der Waals surface area contributed by atoms with Gasteiger partial charge in [0.1, 0.15) is 11.6 Å². The molecule has 0 atom stereocenters. The van der Waals surface area contributed by atoms with Crippen LogP contribution in [-0.4, -0.2) is 17.6 Å². The number of carbonyl (C=O) groups excluding carboxylic acids is 1. The minimum Gasteiger partial charge on any atom is -0.508 e. The number of nitrogens with one attached hydrogen (secondary N) is 1. The highest BCUT2D eigenvalue weighted by Gasteiger charge is 2.13. The molecule has 0 aromatic heterocycles. The van der Waals surface area contributed by atoms with E-state index >= 15 is 0 Å². The van der Waals surface area contributed by atoms with Crippen LogP contribution in [0.2, 0.25) is 0 Å². The molecule has 0 radical (unpaired) electrons. The Morgan fingerprint density at radius 3 is 2.76 bits per heavy atom. The second-order valence-corrected chi connectivity index (χ2v) is 4.17. The van der Waals surface area contributed by atoms with Gasteiger partial charge in [-0.2, -0.15) is 0 Å². The second-order valence-electron chi connectivity index (χ2n) is 4.17. The number of phenolic OH excluding ortho intramolecular Hbond substituents is 1. The molecule has 2 rings (SSSR count). The van der Waals surface area contributed by atoms with Gasteiger partial charge in [-0.05, 0) is 24.3 Å². The van der Waals surface area contributed by atoms with Crippen molar-refractivity contribution in [3.8, 4) is 17.6 Å². The molecule has 0 unspecified atom stereocenters. The summed E-state index contributed by atoms with van der Waals surface area (Å²) in [4.78, 5) is 12.1. The van der Waals surface area contributed by atoms with Gasteiger partial charge in [-0.3, -0.25) is 4.79 Å². The summed E-state index contributed by atoms with van der Waals surface area (Å²) in [5.41, 5.74) is 6.22. The van der Waals surface area contributed by atoms with Gasteiger partial charge in [0.25, 0.3) is 5.91 Å². The normalized spacial score (nSPS) is 9.62. The summed E-state index contributed by atoms with van der Waals surface area (Å²) < 4.78 is 13.6. The van der Waals surface area contributed by atoms with E-state index in [0.717, 1.165) is 6.07 Å². The SMILES string of the molecule is NCC#Cc1ccccc1NC(=O)c1ccc(O)cc1F. The number of aromatic hydroxyl groups is 1. The molecule has 5 heteroatoms. The van der Waals surface area contributed by atoms with E-state index in [0.29, 0.717) is 11.3 Å². The van der Waals surface area contributed by atoms with Crippen LogP contribution in [0.15, 0.2) is 42.5 Å². The number of carbonyl (C=O) groups is 1. The lowest BCUT2D eigenvalue weighted by Gasteiger charge is -2.08. The first-order valence-corrected chi connectivity index (χ1v) is 6.19. The molecule has 0 aliphatic rings. The summed E-state index contributed by atoms with van der Waals surface area (Å²) in [6, 6.07) is 10.2. The van der Waals surface area contributed by atoms with Gasteiger partial charge >= 0.3 is 0 Å². The third-order valence-corrected chi connectivity index (χ3v) is 2.70. The van der Waals surface area contributed by atoms with Crippen LogP contribution in [0, 0.1) is 17.7 Å². The van der Waals surface area contributed by atoms with Crippen LogP contribution < -0.4 is 11.1 Å². The number of hydrogen-bond acceptors (Lipinski definition) is 3. The van der Waals surface area contributed by atoms with Crippen molar-refractivity contribution in [3.63, 3.8) is 0 Å². The Morgan fingerprint density at radius 1 is 1.29 bits per heavy atom. The van der Waals surface area contributed by atoms with E-state index in [2.05, 4.69) is 17.2 Å². The number of para-hydroxylation sites is 1. The third-order valence-electron chi connectivity index (χ3n) is 2.70. The molecule has 0 heterocycles. The molecule has 106 valence electrons. The zero-order valence-corrected chi connectivity index (χ0v) is 11.1. The Hall–Kier alpha value is -2.84. The van der Waals surface area contributed by atoms with Crippen LogP contribution in [0.25, 0.3) is 0 Å². The van der Waals surface area contributed by atoms with Crippen molar-refractivity contribution < 1.29 is 14.3 Å². The molecule has 0 saturated heterocycles. The Labute approximate surface area is 121 Å². The van der Waals surface area contributed by atoms with Crippen molar-refractivity contribution in [1.29, 1.82) is 0 Å². The fraction of sp³-hybridized carbons (Fsp3) is 0.0625. The molecule has 0 spiro atoms. The average molecular weight is 284 g/mol. The molecule has 2 aromatic carbocycles. The smallest absolute Gasteiger partial charge is 0.258 e. The highest BCUT2D eigenvalue weighted by molar-refractivity contribution is 6.05. The maximum Gasteiger partial charge on any atom is 0.258 e. The molecular weight excluding hydrogens is 271 g/mol. The molecule has 21 heavy (non-hydrogen) atoms. The van der Waals surface area contributed by atoms with E-state index in [-0.39, 0.29) is 17.9 Å². The van der Waals surface area contributed by atoms with Gasteiger partial charge in [-0.25, -0.2) is 4.39 Å². The fourth-order valence-electron chi connectivity index (χ4n) is 1.73. The zero-order chi connectivity index (χ0) is 15.2. The number of nitrogens with two attached hydrogens (primary N) is 1. The monoisotopic (exact) mass is 284 g/mol. The Morgan fingerprint density at radius 2 is 2.05 bits per heavy atom. The molecule has 4 nitrogen and oxygen atoms in total. The molecule has 0 aliphatic heterocycles. The number of anilines is 1. The molecule has 4 N–H and O–H groups in total. The zero-order valence-electron chi connectivity index (χ0n) is 11.1. The van der Waals surface area contributed by atoms with Gasteiger partial charge in [0, 0.05) is 11.6 Å². The fourth-order valence-corrected chi connectivity index (χ4v) is 1.73. The molecule has 0 aliphatic carbocycles. The van der Waals surface area contributed by atoms with Gasteiger partial charge in [0.15, 0.2) is 0 Å². The predicted molar refractivity (Wildman–Crippen MR) is 78.4 cm³/mol. The second kappa shape index (κ2) is 6.55. The summed E-state index contributed by atoms with van der Waals surface area (Å²) in [5.74, 6) is 3.88. The van der Waals surface area contributed by atoms with Gasteiger partial charge in [-0.1, -0.05) is 24.0 Å². The van der Waals surface area contributed by atoms with E-state index in [9.17, 15) is 9.18 Å². The average Bonchev–Trinajstić information content (AvgIpc) is 2.46. The summed E-state index contributed by atoms with van der Waals surface area (Å²) in [6.07, 6.45) is 0. The van der Waals surface area contributed by atoms with Gasteiger partial charge in [-0.15, -0.1) is 0 Å². The first-order valence-electron chi connectivity index (χ1n) is 6.19. The molecule has 0 fully saturated rings. The van der Waals surface area contributed by atoms with Crippen molar-refractivity contribution in [3.05, 3.63) is 59.4 Å². The Bertz CT molecular complexity index is 733. The maximum atomic E-state index is 13.6. The topological polar surface area (TPSA) is 75.3 Å². The molecule has 1 amide bonds. The van der Waals surface area contributed by atoms with Crippen LogP contribution in [0.5, 0.6) is 5.75 Å². The number of amides is 1. The third kappa shape index (κ3) is 3.59. The Balaban J connectivity index is 2.27. The summed E-state index contributed by atoms with van der Waals surface area (Å²) in [5, 5.41) is 11.7. The summed E-state index contributed by atoms with van der Waals surface area (Å²) in [6.45, 7) is 0.203. The van der Waals surface area contributed by atoms with E-state index < -0.39 is 11.7 Å². The standard InChI is InChI=1S/C16H13FN2O2/c17-14-10-12(20)7-8-13(14)16(21)19-15-6-2-1-4-11(15)5-3-9-18/h1-2,4,6-8,10,20H,9,18H2,(H,19,21). The van der Waals surface area contributed by atoms with E-state index in [1.807, 2.05) is 0 Å². The minimum absolute atomic E-state index is 0.158. The predicted octanol–water partition coefficient (Wildman–Crippen LogP) is 2.09. The highest BCUT2D eigenvalue weighted by Crippen LogP contribution is 2.18. The van der Waals surface area contributed by atoms with Gasteiger partial charge in [0.05, 0.1) is 17.8 Å². The lowest BCUT2D eigenvalue weighted by molar-refractivity contribution is 0.102. The minimum atomic E-state index is -0.793. The summed E-state index contributed by atoms with van der Waals surface area (Å²) >= 11 is 0. The van der Waals surface area contributed by atoms with Crippen LogP contribution in [0.1, 0.15) is 15.9 Å². The van der Waals surface area contributed by atoms with Crippen molar-refractivity contribution >= 4 is 11.6 Å². The first-order chi connectivity index (χ1) is 10.1. The largest absolute Gasteiger partial charge is 0.508 e. The molecule has 0 saturated carbocycles. The quantitative estimate of drug-likeness (QED) is 0.739. The van der Waals surface area contributed by atoms with Crippen molar-refractivity contribution in [2.45, 2.75) is 0 Å². The van der Waals surface area contributed by atoms with E-state index in [4.69, 9.17) is 10.8 Å². The van der Waals surface area contributed by atoms with Crippen molar-refractivity contribution in [1.82, 2.24) is 0 Å². The number of benzene rings is 2. The maximum absolute atomic E-state index is 13.6. The van der Waals surface area contributed by atoms with Crippen molar-refractivity contribution in [2.24, 2.45) is 5.73 Å². The number of halogens is 1. The number of phenols is 1. The lowest BCUT2D eigenvalue weighted by atomic mass is 10.1. The van der Waals surface area contributed by atoms with Crippen LogP contribution >= 0.6 is 0 Å². The molecular formula is C16H13FN2O2. The molecule has 2 aromatic rings. The Kier molecular flexibility index (Phi) is 4.54. The van der Waals surface area contributed by atoms with Crippen molar-refractivity contribution in [2.75, 3.05) is 11.9 Å².